The number of nitrogens with zero attached hydrogens (tertiary/aromatic N) is 2. The Labute approximate surface area is 149 Å². The first-order valence-electron chi connectivity index (χ1n) is 8.73. The van der Waals surface area contributed by atoms with E-state index in [0.29, 0.717) is 11.4 Å². The molecule has 5 rings (SSSR count). The first-order valence-corrected chi connectivity index (χ1v) is 8.73. The van der Waals surface area contributed by atoms with Gasteiger partial charge in [0, 0.05) is 30.0 Å². The van der Waals surface area contributed by atoms with Crippen LogP contribution in [0.2, 0.25) is 0 Å². The van der Waals surface area contributed by atoms with Gasteiger partial charge < -0.3 is 19.6 Å². The Morgan fingerprint density at radius 1 is 1.00 bits per heavy atom. The Balaban J connectivity index is 1.61. The van der Waals surface area contributed by atoms with E-state index in [1.165, 1.54) is 0 Å². The quantitative estimate of drug-likeness (QED) is 0.585. The van der Waals surface area contributed by atoms with Gasteiger partial charge in [-0.05, 0) is 24.3 Å². The van der Waals surface area contributed by atoms with E-state index in [1.807, 2.05) is 36.4 Å². The fourth-order valence-electron chi connectivity index (χ4n) is 3.55. The van der Waals surface area contributed by atoms with Crippen molar-refractivity contribution in [3.05, 3.63) is 58.9 Å². The molecule has 1 aliphatic carbocycles. The van der Waals surface area contributed by atoms with Gasteiger partial charge in [0.15, 0.2) is 0 Å². The minimum absolute atomic E-state index is 0.126. The number of hydrogen-bond acceptors (Lipinski definition) is 4. The average Bonchev–Trinajstić information content (AvgIpc) is 3.13. The summed E-state index contributed by atoms with van der Waals surface area (Å²) in [6.45, 7) is 3.27. The molecular formula is C20H18N4O2. The maximum Gasteiger partial charge on any atom is 0.260 e. The molecule has 0 unspecified atom stereocenters. The number of imidazole rings is 1. The smallest absolute Gasteiger partial charge is 0.260 e. The number of hydrogen-bond donors (Lipinski definition) is 2. The molecular weight excluding hydrogens is 328 g/mol. The molecule has 130 valence electrons. The van der Waals surface area contributed by atoms with Crippen LogP contribution in [0.1, 0.15) is 0 Å². The predicted molar refractivity (Wildman–Crippen MR) is 102 cm³/mol. The Morgan fingerprint density at radius 3 is 2.73 bits per heavy atom. The van der Waals surface area contributed by atoms with E-state index in [0.717, 1.165) is 54.3 Å². The molecule has 0 radical (unpaired) electrons. The summed E-state index contributed by atoms with van der Waals surface area (Å²) < 4.78 is 5.42. The van der Waals surface area contributed by atoms with Crippen molar-refractivity contribution in [1.29, 1.82) is 0 Å². The summed E-state index contributed by atoms with van der Waals surface area (Å²) in [7, 11) is 0. The highest BCUT2D eigenvalue weighted by molar-refractivity contribution is 5.87. The number of fused-ring (bicyclic) bond motifs is 2. The third-order valence-corrected chi connectivity index (χ3v) is 4.86. The van der Waals surface area contributed by atoms with Crippen LogP contribution >= 0.6 is 0 Å². The van der Waals surface area contributed by atoms with E-state index in [1.54, 1.807) is 0 Å². The maximum absolute atomic E-state index is 12.5. The molecule has 0 bridgehead atoms. The van der Waals surface area contributed by atoms with Crippen LogP contribution in [0.4, 0.5) is 5.69 Å². The van der Waals surface area contributed by atoms with E-state index in [4.69, 9.17) is 4.74 Å². The summed E-state index contributed by atoms with van der Waals surface area (Å²) in [5.74, 6) is 0.599. The maximum atomic E-state index is 12.5. The molecule has 3 heterocycles. The number of aromatic nitrogens is 3. The number of aromatic amines is 2. The fourth-order valence-corrected chi connectivity index (χ4v) is 3.55. The standard InChI is InChI=1S/C20H18N4O2/c25-20-18(14-4-2-1-3-5-15(14)23-20)19-21-16-7-6-13(12-17(16)22-19)24-8-10-26-11-9-24/h1-7,12H,8-11H2,(H,21,22)(H,23,25). The summed E-state index contributed by atoms with van der Waals surface area (Å²) in [6.07, 6.45) is 0. The number of anilines is 1. The molecule has 2 aliphatic heterocycles. The Bertz CT molecular complexity index is 1110. The molecule has 6 nitrogen and oxygen atoms in total. The average molecular weight is 346 g/mol. The Morgan fingerprint density at radius 2 is 1.85 bits per heavy atom. The van der Waals surface area contributed by atoms with Crippen molar-refractivity contribution in [2.45, 2.75) is 0 Å². The molecule has 0 saturated carbocycles. The molecule has 0 atom stereocenters. The number of ether oxygens (including phenoxy) is 1. The molecule has 3 aliphatic rings. The lowest BCUT2D eigenvalue weighted by Crippen LogP contribution is -2.36. The SMILES string of the molecule is O=c1[nH]c2cccccc-2c1-c1nc2ccc(N3CCOCC3)cc2[nH]1. The van der Waals surface area contributed by atoms with Crippen molar-refractivity contribution in [3.8, 4) is 22.6 Å². The van der Waals surface area contributed by atoms with Crippen LogP contribution in [-0.2, 0) is 4.74 Å². The van der Waals surface area contributed by atoms with Gasteiger partial charge in [0.2, 0.25) is 0 Å². The largest absolute Gasteiger partial charge is 0.378 e. The summed E-state index contributed by atoms with van der Waals surface area (Å²) >= 11 is 0. The highest BCUT2D eigenvalue weighted by Gasteiger charge is 2.19. The second-order valence-electron chi connectivity index (χ2n) is 6.45. The first kappa shape index (κ1) is 15.2. The van der Waals surface area contributed by atoms with Crippen LogP contribution in [0.15, 0.2) is 53.3 Å². The van der Waals surface area contributed by atoms with Crippen LogP contribution in [0.5, 0.6) is 0 Å². The van der Waals surface area contributed by atoms with E-state index in [9.17, 15) is 4.79 Å². The Kier molecular flexibility index (Phi) is 3.50. The van der Waals surface area contributed by atoms with Crippen molar-refractivity contribution in [3.63, 3.8) is 0 Å². The molecule has 1 aromatic heterocycles. The first-order chi connectivity index (χ1) is 12.8. The summed E-state index contributed by atoms with van der Waals surface area (Å²) in [6, 6.07) is 15.8. The van der Waals surface area contributed by atoms with Gasteiger partial charge in [-0.3, -0.25) is 4.79 Å². The third-order valence-electron chi connectivity index (χ3n) is 4.86. The minimum atomic E-state index is -0.126. The molecule has 1 saturated heterocycles. The van der Waals surface area contributed by atoms with Crippen molar-refractivity contribution >= 4 is 16.7 Å². The number of benzene rings is 1. The zero-order valence-corrected chi connectivity index (χ0v) is 14.2. The van der Waals surface area contributed by atoms with Gasteiger partial charge in [-0.1, -0.05) is 24.3 Å². The highest BCUT2D eigenvalue weighted by Crippen LogP contribution is 2.30. The lowest BCUT2D eigenvalue weighted by atomic mass is 10.1. The summed E-state index contributed by atoms with van der Waals surface area (Å²) in [5.41, 5.74) is 5.06. The topological polar surface area (TPSA) is 74.0 Å². The van der Waals surface area contributed by atoms with Crippen LogP contribution in [0, 0.1) is 0 Å². The van der Waals surface area contributed by atoms with E-state index in [2.05, 4.69) is 32.0 Å². The molecule has 2 aromatic rings. The van der Waals surface area contributed by atoms with Crippen molar-refractivity contribution in [2.75, 3.05) is 31.2 Å². The van der Waals surface area contributed by atoms with Gasteiger partial charge >= 0.3 is 0 Å². The summed E-state index contributed by atoms with van der Waals surface area (Å²) in [5, 5.41) is 0. The molecule has 6 heteroatoms. The zero-order valence-electron chi connectivity index (χ0n) is 14.2. The van der Waals surface area contributed by atoms with Crippen LogP contribution in [0.3, 0.4) is 0 Å². The van der Waals surface area contributed by atoms with Crippen LogP contribution < -0.4 is 10.5 Å². The lowest BCUT2D eigenvalue weighted by Gasteiger charge is -2.28. The zero-order chi connectivity index (χ0) is 17.5. The molecule has 0 amide bonds. The van der Waals surface area contributed by atoms with Gasteiger partial charge in [0.25, 0.3) is 5.56 Å². The lowest BCUT2D eigenvalue weighted by molar-refractivity contribution is 0.122. The van der Waals surface area contributed by atoms with Gasteiger partial charge in [0.05, 0.1) is 29.8 Å². The van der Waals surface area contributed by atoms with Gasteiger partial charge in [0.1, 0.15) is 5.82 Å². The van der Waals surface area contributed by atoms with Gasteiger partial charge in [-0.2, -0.15) is 0 Å². The van der Waals surface area contributed by atoms with Gasteiger partial charge in [-0.25, -0.2) is 4.98 Å². The van der Waals surface area contributed by atoms with Gasteiger partial charge in [-0.15, -0.1) is 0 Å². The van der Waals surface area contributed by atoms with Crippen LogP contribution in [0.25, 0.3) is 33.7 Å². The van der Waals surface area contributed by atoms with E-state index >= 15 is 0 Å². The van der Waals surface area contributed by atoms with Crippen molar-refractivity contribution in [2.24, 2.45) is 0 Å². The third kappa shape index (κ3) is 2.46. The molecule has 0 spiro atoms. The number of morpholine rings is 1. The number of nitrogens with one attached hydrogen (secondary N) is 2. The fraction of sp³-hybridized carbons (Fsp3) is 0.200. The minimum Gasteiger partial charge on any atom is -0.378 e. The van der Waals surface area contributed by atoms with Crippen LogP contribution in [-0.4, -0.2) is 41.3 Å². The Hall–Kier alpha value is -3.12. The van der Waals surface area contributed by atoms with E-state index in [-0.39, 0.29) is 5.56 Å². The van der Waals surface area contributed by atoms with E-state index < -0.39 is 0 Å². The number of rotatable bonds is 2. The molecule has 1 fully saturated rings. The second kappa shape index (κ2) is 6.00. The molecule has 1 aromatic carbocycles. The predicted octanol–water partition coefficient (Wildman–Crippen LogP) is 2.86. The highest BCUT2D eigenvalue weighted by atomic mass is 16.5. The second-order valence-corrected chi connectivity index (χ2v) is 6.45. The van der Waals surface area contributed by atoms with Crippen molar-refractivity contribution in [1.82, 2.24) is 15.0 Å². The molecule has 26 heavy (non-hydrogen) atoms. The monoisotopic (exact) mass is 346 g/mol. The normalized spacial score (nSPS) is 15.0. The summed E-state index contributed by atoms with van der Waals surface area (Å²) in [4.78, 5) is 25.7. The molecule has 2 N–H and O–H groups in total. The number of H-pyrrole nitrogens is 2. The van der Waals surface area contributed by atoms with Crippen molar-refractivity contribution < 1.29 is 4.74 Å².